The van der Waals surface area contributed by atoms with Crippen LogP contribution in [0.1, 0.15) is 74.1 Å². The summed E-state index contributed by atoms with van der Waals surface area (Å²) in [7, 11) is 6.34. The van der Waals surface area contributed by atoms with E-state index in [-0.39, 0.29) is 31.7 Å². The normalized spacial score (nSPS) is 41.8. The molecule has 0 bridgehead atoms. The fraction of sp³-hybridized carbons (Fsp3) is 0.805. The van der Waals surface area contributed by atoms with Crippen LogP contribution in [0.4, 0.5) is 0 Å². The zero-order valence-corrected chi connectivity index (χ0v) is 35.3. The number of likely N-dealkylation sites (N-methyl/N-ethyl adjacent to an activating group) is 1. The molecule has 2 fully saturated rings. The number of carbonyl (C=O) groups excluding carboxylic acids is 4. The molecule has 16 heteroatoms. The van der Waals surface area contributed by atoms with E-state index in [0.717, 1.165) is 0 Å². The van der Waals surface area contributed by atoms with Gasteiger partial charge in [-0.1, -0.05) is 38.5 Å². The summed E-state index contributed by atoms with van der Waals surface area (Å²) in [6.07, 6.45) is -5.53. The van der Waals surface area contributed by atoms with Crippen molar-refractivity contribution in [2.75, 3.05) is 34.9 Å². The summed E-state index contributed by atoms with van der Waals surface area (Å²) in [4.78, 5) is 54.0. The maximum absolute atomic E-state index is 13.9. The first kappa shape index (κ1) is 48.7. The molecule has 3 rings (SSSR count). The highest BCUT2D eigenvalue weighted by Gasteiger charge is 2.48. The maximum Gasteiger partial charge on any atom is 0.309 e. The molecule has 10 unspecified atom stereocenters. The molecule has 16 nitrogen and oxygen atoms in total. The van der Waals surface area contributed by atoms with Crippen LogP contribution in [0.15, 0.2) is 23.8 Å². The third-order valence-corrected chi connectivity index (χ3v) is 11.4. The fourth-order valence-electron chi connectivity index (χ4n) is 8.11. The molecule has 3 N–H and O–H groups in total. The van der Waals surface area contributed by atoms with Crippen LogP contribution >= 0.6 is 0 Å². The van der Waals surface area contributed by atoms with Crippen LogP contribution in [0.2, 0.25) is 0 Å². The molecule has 0 saturated carbocycles. The van der Waals surface area contributed by atoms with E-state index < -0.39 is 115 Å². The first-order chi connectivity index (χ1) is 26.9. The lowest BCUT2D eigenvalue weighted by Gasteiger charge is -2.46. The molecule has 3 heterocycles. The van der Waals surface area contributed by atoms with E-state index >= 15 is 0 Å². The Morgan fingerprint density at radius 2 is 1.56 bits per heavy atom. The largest absolute Gasteiger partial charge is 0.462 e. The van der Waals surface area contributed by atoms with Crippen LogP contribution in [0.25, 0.3) is 0 Å². The van der Waals surface area contributed by atoms with E-state index in [1.165, 1.54) is 27.2 Å². The molecule has 3 aliphatic heterocycles. The average molecular weight is 814 g/mol. The Kier molecular flexibility index (Phi) is 19.4. The molecule has 0 amide bonds. The summed E-state index contributed by atoms with van der Waals surface area (Å²) in [6, 6.07) is -0.768. The third kappa shape index (κ3) is 12.9. The maximum atomic E-state index is 13.9. The molecule has 0 aliphatic carbocycles. The number of methoxy groups -OCH3 is 2. The van der Waals surface area contributed by atoms with Crippen LogP contribution in [0.5, 0.6) is 0 Å². The second kappa shape index (κ2) is 22.7. The number of hydrogen-bond donors (Lipinski definition) is 3. The molecule has 326 valence electrons. The summed E-state index contributed by atoms with van der Waals surface area (Å²) >= 11 is 0. The van der Waals surface area contributed by atoms with Crippen LogP contribution < -0.4 is 0 Å². The standard InChI is InChI=1S/C41H67NO15/c1-12-30-28(20-52-41-39(51-11)38(50-10)35(48)25(6)54-41)17-21(2)13-14-29(45)22(3)18-27(15-16-43)37(23(4)31(55-26(7)44)19-32(46)56-30)57-40-36(49)33(42(8)9)34(47)24(5)53-40/h13-14,16-17,22-25,27-28,30-31,33-41,47-49H,12,15,18-20H2,1-11H3/b14-13+,21-17+/t22-,23+,24?,25?,27+,28-,30-,31-,33?,34?,35?,36?,37-,38?,39?,40?,41?/m1/s1. The topological polar surface area (TPSA) is 206 Å². The summed E-state index contributed by atoms with van der Waals surface area (Å²) in [5, 5.41) is 32.9. The van der Waals surface area contributed by atoms with Crippen LogP contribution in [-0.4, -0.2) is 159 Å². The minimum absolute atomic E-state index is 0.0110. The van der Waals surface area contributed by atoms with Gasteiger partial charge in [-0.25, -0.2) is 0 Å². The number of aliphatic hydroxyl groups is 3. The van der Waals surface area contributed by atoms with Crippen LogP contribution in [-0.2, 0) is 57.1 Å². The Morgan fingerprint density at radius 3 is 2.14 bits per heavy atom. The number of ketones is 1. The number of aldehydes is 1. The summed E-state index contributed by atoms with van der Waals surface area (Å²) in [6.45, 7) is 11.6. The van der Waals surface area contributed by atoms with E-state index in [0.29, 0.717) is 18.3 Å². The SMILES string of the molecule is CC[C@H]1OC(=O)C[C@@H](OC(C)=O)[C@H](C)[C@@H](OC2OC(C)C(O)C(N(C)C)C2O)[C@@H](CC=O)C[C@@H](C)C(=O)/C=C/C(C)=C/[C@@H]1COC1OC(C)C(O)C(OC)C1OC. The molecule has 0 aromatic carbocycles. The molecule has 17 atom stereocenters. The van der Waals surface area contributed by atoms with Gasteiger partial charge in [0.15, 0.2) is 18.4 Å². The summed E-state index contributed by atoms with van der Waals surface area (Å²) in [5.74, 6) is -4.16. The minimum Gasteiger partial charge on any atom is -0.462 e. The van der Waals surface area contributed by atoms with Crippen LogP contribution in [0, 0.1) is 23.7 Å². The first-order valence-electron chi connectivity index (χ1n) is 19.9. The van der Waals surface area contributed by atoms with E-state index in [2.05, 4.69) is 0 Å². The van der Waals surface area contributed by atoms with Crippen molar-refractivity contribution in [3.05, 3.63) is 23.8 Å². The van der Waals surface area contributed by atoms with Gasteiger partial charge in [0.25, 0.3) is 0 Å². The molecule has 0 aromatic heterocycles. The summed E-state index contributed by atoms with van der Waals surface area (Å²) in [5.41, 5.74) is 0.685. The number of rotatable bonds is 12. The van der Waals surface area contributed by atoms with Gasteiger partial charge in [0.1, 0.15) is 42.9 Å². The number of ether oxygens (including phenoxy) is 8. The van der Waals surface area contributed by atoms with Crippen LogP contribution in [0.3, 0.4) is 0 Å². The first-order valence-corrected chi connectivity index (χ1v) is 19.9. The van der Waals surface area contributed by atoms with Gasteiger partial charge in [-0.3, -0.25) is 14.4 Å². The highest BCUT2D eigenvalue weighted by molar-refractivity contribution is 5.91. The predicted octanol–water partition coefficient (Wildman–Crippen LogP) is 2.13. The summed E-state index contributed by atoms with van der Waals surface area (Å²) < 4.78 is 47.8. The molecule has 0 radical (unpaired) electrons. The Morgan fingerprint density at radius 1 is 0.930 bits per heavy atom. The Hall–Kier alpha value is -2.64. The number of hydrogen-bond acceptors (Lipinski definition) is 16. The van der Waals surface area contributed by atoms with Crippen molar-refractivity contribution in [3.63, 3.8) is 0 Å². The van der Waals surface area contributed by atoms with E-state index in [9.17, 15) is 34.5 Å². The van der Waals surface area contributed by atoms with Crippen molar-refractivity contribution in [1.82, 2.24) is 4.90 Å². The molecular weight excluding hydrogens is 746 g/mol. The Balaban J connectivity index is 2.05. The predicted molar refractivity (Wildman–Crippen MR) is 205 cm³/mol. The Bertz CT molecular complexity index is 1370. The highest BCUT2D eigenvalue weighted by atomic mass is 16.7. The van der Waals surface area contributed by atoms with Gasteiger partial charge in [0.05, 0.1) is 43.5 Å². The number of allylic oxidation sites excluding steroid dienone is 3. The van der Waals surface area contributed by atoms with E-state index in [4.69, 9.17) is 37.9 Å². The quantitative estimate of drug-likeness (QED) is 0.191. The van der Waals surface area contributed by atoms with Gasteiger partial charge in [-0.15, -0.1) is 0 Å². The number of esters is 2. The molecule has 0 aromatic rings. The second-order valence-corrected chi connectivity index (χ2v) is 15.9. The van der Waals surface area contributed by atoms with Crippen molar-refractivity contribution in [2.24, 2.45) is 23.7 Å². The zero-order valence-electron chi connectivity index (χ0n) is 35.3. The minimum atomic E-state index is -1.33. The number of carbonyl (C=O) groups is 4. The van der Waals surface area contributed by atoms with Crippen molar-refractivity contribution in [3.8, 4) is 0 Å². The lowest BCUT2D eigenvalue weighted by Crippen LogP contribution is -2.63. The molecule has 57 heavy (non-hydrogen) atoms. The number of cyclic esters (lactones) is 1. The van der Waals surface area contributed by atoms with Gasteiger partial charge in [0, 0.05) is 45.3 Å². The van der Waals surface area contributed by atoms with Gasteiger partial charge in [0.2, 0.25) is 0 Å². The molecule has 0 spiro atoms. The lowest BCUT2D eigenvalue weighted by molar-refractivity contribution is -0.304. The van der Waals surface area contributed by atoms with Crippen molar-refractivity contribution in [1.29, 1.82) is 0 Å². The Labute approximate surface area is 337 Å². The third-order valence-electron chi connectivity index (χ3n) is 11.4. The van der Waals surface area contributed by atoms with Crippen molar-refractivity contribution >= 4 is 24.0 Å². The lowest BCUT2D eigenvalue weighted by atomic mass is 9.79. The van der Waals surface area contributed by atoms with Gasteiger partial charge < -0.3 is 62.9 Å². The zero-order chi connectivity index (χ0) is 42.7. The van der Waals surface area contributed by atoms with Gasteiger partial charge >= 0.3 is 11.9 Å². The van der Waals surface area contributed by atoms with E-state index in [1.54, 1.807) is 59.7 Å². The van der Waals surface area contributed by atoms with Crippen molar-refractivity contribution in [2.45, 2.75) is 154 Å². The average Bonchev–Trinajstić information content (AvgIpc) is 3.15. The number of nitrogens with zero attached hydrogens (tertiary/aromatic N) is 1. The second-order valence-electron chi connectivity index (χ2n) is 15.9. The van der Waals surface area contributed by atoms with Crippen molar-refractivity contribution < 1.29 is 72.4 Å². The van der Waals surface area contributed by atoms with Gasteiger partial charge in [-0.05, 0) is 59.7 Å². The van der Waals surface area contributed by atoms with Gasteiger partial charge in [-0.2, -0.15) is 0 Å². The molecule has 2 saturated heterocycles. The highest BCUT2D eigenvalue weighted by Crippen LogP contribution is 2.35. The molecule has 3 aliphatic rings. The fourth-order valence-corrected chi connectivity index (χ4v) is 8.11. The monoisotopic (exact) mass is 813 g/mol. The van der Waals surface area contributed by atoms with E-state index in [1.807, 2.05) is 13.0 Å². The molecular formula is C41H67NO15. The smallest absolute Gasteiger partial charge is 0.309 e. The number of aliphatic hydroxyl groups excluding tert-OH is 3.